The standard InChI is InChI=1S/C9H9NO2S2/c1-10-5-7(14(2)12)8(11)9-6(10)3-4-13-9/h3-5H,1-2H3. The van der Waals surface area contributed by atoms with Gasteiger partial charge in [0.15, 0.2) is 0 Å². The van der Waals surface area contributed by atoms with E-state index < -0.39 is 11.2 Å². The van der Waals surface area contributed by atoms with E-state index in [0.29, 0.717) is 9.60 Å². The van der Waals surface area contributed by atoms with Crippen molar-refractivity contribution in [3.8, 4) is 0 Å². The Balaban J connectivity index is 2.89. The lowest BCUT2D eigenvalue weighted by atomic mass is 10.4. The molecule has 0 aromatic carbocycles. The van der Waals surface area contributed by atoms with E-state index in [1.54, 1.807) is 6.20 Å². The molecule has 0 aliphatic rings. The maximum absolute atomic E-state index is 11.8. The summed E-state index contributed by atoms with van der Waals surface area (Å²) in [6.07, 6.45) is 3.17. The number of fused-ring (bicyclic) bond motifs is 1. The van der Waals surface area contributed by atoms with Crippen LogP contribution in [0.4, 0.5) is 0 Å². The maximum atomic E-state index is 11.8. The van der Waals surface area contributed by atoms with E-state index in [9.17, 15) is 9.35 Å². The van der Waals surface area contributed by atoms with Crippen molar-refractivity contribution in [3.05, 3.63) is 27.9 Å². The molecular formula is C9H9NO2S2. The zero-order chi connectivity index (χ0) is 10.3. The van der Waals surface area contributed by atoms with E-state index in [-0.39, 0.29) is 5.43 Å². The van der Waals surface area contributed by atoms with Crippen LogP contribution in [0, 0.1) is 0 Å². The second-order valence-corrected chi connectivity index (χ2v) is 5.29. The monoisotopic (exact) mass is 227 g/mol. The molecule has 14 heavy (non-hydrogen) atoms. The molecule has 0 aliphatic heterocycles. The molecule has 1 atom stereocenters. The summed E-state index contributed by atoms with van der Waals surface area (Å²) in [5.41, 5.74) is 0.795. The third kappa shape index (κ3) is 1.37. The Morgan fingerprint density at radius 3 is 2.93 bits per heavy atom. The topological polar surface area (TPSA) is 45.1 Å². The van der Waals surface area contributed by atoms with Crippen molar-refractivity contribution in [3.63, 3.8) is 0 Å². The van der Waals surface area contributed by atoms with Gasteiger partial charge in [-0.25, -0.2) is 0 Å². The van der Waals surface area contributed by atoms with Gasteiger partial charge >= 0.3 is 0 Å². The van der Waals surface area contributed by atoms with E-state index in [2.05, 4.69) is 0 Å². The van der Waals surface area contributed by atoms with Gasteiger partial charge in [-0.05, 0) is 22.6 Å². The second kappa shape index (κ2) is 3.42. The molecule has 0 saturated carbocycles. The van der Waals surface area contributed by atoms with E-state index >= 15 is 0 Å². The summed E-state index contributed by atoms with van der Waals surface area (Å²) >= 11 is 0.174. The summed E-state index contributed by atoms with van der Waals surface area (Å²) in [6, 6.07) is 1.89. The number of hydrogen-bond acceptors (Lipinski definition) is 3. The van der Waals surface area contributed by atoms with Gasteiger partial charge in [0.25, 0.3) is 5.43 Å². The summed E-state index contributed by atoms with van der Waals surface area (Å²) < 4.78 is 13.8. The first-order valence-electron chi connectivity index (χ1n) is 4.01. The summed E-state index contributed by atoms with van der Waals surface area (Å²) in [6.45, 7) is 0. The quantitative estimate of drug-likeness (QED) is 0.690. The molecule has 1 unspecified atom stereocenters. The van der Waals surface area contributed by atoms with Crippen molar-refractivity contribution < 1.29 is 4.55 Å². The Morgan fingerprint density at radius 2 is 2.29 bits per heavy atom. The van der Waals surface area contributed by atoms with Gasteiger partial charge in [-0.1, -0.05) is 0 Å². The van der Waals surface area contributed by atoms with Crippen LogP contribution in [0.1, 0.15) is 0 Å². The predicted molar refractivity (Wildman–Crippen MR) is 59.4 cm³/mol. The molecule has 0 saturated heterocycles. The SMILES string of the molecule is Cn1cc([S+](C)[O-])c(=O)c2sccc21. The van der Waals surface area contributed by atoms with Crippen LogP contribution in [0.15, 0.2) is 27.3 Å². The van der Waals surface area contributed by atoms with Crippen molar-refractivity contribution in [1.29, 1.82) is 0 Å². The number of thiophene rings is 1. The van der Waals surface area contributed by atoms with Gasteiger partial charge < -0.3 is 9.12 Å². The first kappa shape index (κ1) is 9.76. The Kier molecular flexibility index (Phi) is 2.38. The van der Waals surface area contributed by atoms with Gasteiger partial charge in [0.2, 0.25) is 4.90 Å². The largest absolute Gasteiger partial charge is 0.612 e. The Morgan fingerprint density at radius 1 is 1.57 bits per heavy atom. The number of pyridine rings is 1. The minimum atomic E-state index is -1.22. The van der Waals surface area contributed by atoms with Gasteiger partial charge in [-0.3, -0.25) is 4.79 Å². The number of aromatic nitrogens is 1. The highest BCUT2D eigenvalue weighted by Crippen LogP contribution is 2.18. The summed E-state index contributed by atoms with van der Waals surface area (Å²) in [5.74, 6) is 0. The lowest BCUT2D eigenvalue weighted by molar-refractivity contribution is 0.599. The zero-order valence-electron chi connectivity index (χ0n) is 7.81. The fraction of sp³-hybridized carbons (Fsp3) is 0.222. The lowest BCUT2D eigenvalue weighted by Gasteiger charge is -2.06. The van der Waals surface area contributed by atoms with Crippen LogP contribution in [-0.4, -0.2) is 15.4 Å². The van der Waals surface area contributed by atoms with Gasteiger partial charge in [0, 0.05) is 7.05 Å². The van der Waals surface area contributed by atoms with Gasteiger partial charge in [0.05, 0.1) is 11.7 Å². The second-order valence-electron chi connectivity index (χ2n) is 3.02. The minimum Gasteiger partial charge on any atom is -0.612 e. The van der Waals surface area contributed by atoms with E-state index in [1.807, 2.05) is 23.1 Å². The Hall–Kier alpha value is -0.780. The minimum absolute atomic E-state index is 0.103. The van der Waals surface area contributed by atoms with Gasteiger partial charge in [-0.15, -0.1) is 11.3 Å². The molecule has 0 spiro atoms. The summed E-state index contributed by atoms with van der Waals surface area (Å²) in [5, 5.41) is 1.87. The average Bonchev–Trinajstić information content (AvgIpc) is 2.59. The molecule has 0 aliphatic carbocycles. The number of nitrogens with zero attached hydrogens (tertiary/aromatic N) is 1. The van der Waals surface area contributed by atoms with E-state index in [0.717, 1.165) is 5.52 Å². The highest BCUT2D eigenvalue weighted by atomic mass is 32.2. The smallest absolute Gasteiger partial charge is 0.254 e. The van der Waals surface area contributed by atoms with E-state index in [4.69, 9.17) is 0 Å². The van der Waals surface area contributed by atoms with Crippen LogP contribution in [-0.2, 0) is 18.2 Å². The molecule has 0 fully saturated rings. The average molecular weight is 227 g/mol. The number of rotatable bonds is 1. The molecular weight excluding hydrogens is 218 g/mol. The van der Waals surface area contributed by atoms with Gasteiger partial charge in [-0.2, -0.15) is 0 Å². The summed E-state index contributed by atoms with van der Waals surface area (Å²) in [4.78, 5) is 12.2. The van der Waals surface area contributed by atoms with Crippen molar-refractivity contribution in [2.24, 2.45) is 7.05 Å². The third-order valence-electron chi connectivity index (χ3n) is 2.08. The molecule has 0 radical (unpaired) electrons. The maximum Gasteiger partial charge on any atom is 0.254 e. The molecule has 0 amide bonds. The normalized spacial score (nSPS) is 13.4. The first-order chi connectivity index (χ1) is 6.61. The van der Waals surface area contributed by atoms with E-state index in [1.165, 1.54) is 17.6 Å². The molecule has 2 aromatic rings. The van der Waals surface area contributed by atoms with Crippen LogP contribution in [0.25, 0.3) is 10.2 Å². The van der Waals surface area contributed by atoms with Gasteiger partial charge in [0.1, 0.15) is 11.0 Å². The Labute approximate surface area is 88.2 Å². The Bertz CT molecular complexity index is 527. The van der Waals surface area contributed by atoms with Crippen LogP contribution in [0.5, 0.6) is 0 Å². The van der Waals surface area contributed by atoms with Crippen molar-refractivity contribution >= 4 is 32.7 Å². The van der Waals surface area contributed by atoms with Crippen LogP contribution in [0.3, 0.4) is 0 Å². The molecule has 3 nitrogen and oxygen atoms in total. The summed E-state index contributed by atoms with van der Waals surface area (Å²) in [7, 11) is 1.85. The molecule has 0 N–H and O–H groups in total. The third-order valence-corrected chi connectivity index (χ3v) is 3.89. The van der Waals surface area contributed by atoms with Crippen molar-refractivity contribution in [1.82, 2.24) is 4.57 Å². The molecule has 2 aromatic heterocycles. The molecule has 2 heterocycles. The fourth-order valence-corrected chi connectivity index (χ4v) is 2.99. The van der Waals surface area contributed by atoms with Crippen molar-refractivity contribution in [2.45, 2.75) is 4.90 Å². The molecule has 0 bridgehead atoms. The van der Waals surface area contributed by atoms with Crippen molar-refractivity contribution in [2.75, 3.05) is 6.26 Å². The fourth-order valence-electron chi connectivity index (χ4n) is 1.37. The first-order valence-corrected chi connectivity index (χ1v) is 6.45. The highest BCUT2D eigenvalue weighted by Gasteiger charge is 2.15. The molecule has 2 rings (SSSR count). The molecule has 5 heteroatoms. The van der Waals surface area contributed by atoms with Crippen LogP contribution >= 0.6 is 11.3 Å². The van der Waals surface area contributed by atoms with Crippen LogP contribution < -0.4 is 5.43 Å². The lowest BCUT2D eigenvalue weighted by Crippen LogP contribution is -2.15. The predicted octanol–water partition coefficient (Wildman–Crippen LogP) is 1.34. The number of aryl methyl sites for hydroxylation is 1. The number of hydrogen-bond donors (Lipinski definition) is 0. The highest BCUT2D eigenvalue weighted by molar-refractivity contribution is 7.90. The zero-order valence-corrected chi connectivity index (χ0v) is 9.45. The van der Waals surface area contributed by atoms with Crippen LogP contribution in [0.2, 0.25) is 0 Å². The molecule has 74 valence electrons.